The molecule has 0 radical (unpaired) electrons. The minimum absolute atomic E-state index is 0.395. The third-order valence-electron chi connectivity index (χ3n) is 1.03. The number of aromatic nitrogens is 2. The first kappa shape index (κ1) is 9.33. The van der Waals surface area contributed by atoms with Gasteiger partial charge in [0.15, 0.2) is 5.82 Å². The molecule has 1 rings (SSSR count). The van der Waals surface area contributed by atoms with Gasteiger partial charge in [0.25, 0.3) is 0 Å². The molecule has 3 N–H and O–H groups in total. The number of nitrogens with zero attached hydrogens (tertiary/aromatic N) is 2. The minimum Gasteiger partial charge on any atom is -0.477 e. The van der Waals surface area contributed by atoms with Gasteiger partial charge in [-0.15, -0.1) is 0 Å². The predicted molar refractivity (Wildman–Crippen MR) is 49.2 cm³/mol. The summed E-state index contributed by atoms with van der Waals surface area (Å²) in [6, 6.07) is 3.19. The lowest BCUT2D eigenvalue weighted by molar-refractivity contribution is -0.128. The zero-order valence-electron chi connectivity index (χ0n) is 6.39. The van der Waals surface area contributed by atoms with Crippen molar-refractivity contribution in [3.8, 4) is 0 Å². The molecule has 13 heavy (non-hydrogen) atoms. The predicted octanol–water partition coefficient (Wildman–Crippen LogP) is 0.621. The van der Waals surface area contributed by atoms with Gasteiger partial charge in [-0.25, -0.2) is 4.79 Å². The summed E-state index contributed by atoms with van der Waals surface area (Å²) in [4.78, 5) is 10.0. The number of aromatic amines is 1. The number of anilines is 1. The van der Waals surface area contributed by atoms with E-state index in [2.05, 4.69) is 20.7 Å². The molecule has 0 spiro atoms. The van der Waals surface area contributed by atoms with Crippen LogP contribution in [0.5, 0.6) is 0 Å². The van der Waals surface area contributed by atoms with Crippen LogP contribution in [0.3, 0.4) is 0 Å². The van der Waals surface area contributed by atoms with E-state index >= 15 is 0 Å². The second-order valence-electron chi connectivity index (χ2n) is 2.01. The Balaban J connectivity index is 2.60. The summed E-state index contributed by atoms with van der Waals surface area (Å²) >= 11 is 4.75. The molecule has 7 heteroatoms. The van der Waals surface area contributed by atoms with Crippen LogP contribution in [-0.2, 0) is 4.79 Å². The van der Waals surface area contributed by atoms with Crippen molar-refractivity contribution in [2.45, 2.75) is 0 Å². The zero-order valence-corrected chi connectivity index (χ0v) is 7.21. The summed E-state index contributed by atoms with van der Waals surface area (Å²) in [6.07, 6.45) is 0.725. The van der Waals surface area contributed by atoms with Crippen LogP contribution in [0, 0.1) is 4.64 Å². The fourth-order valence-corrected chi connectivity index (χ4v) is 0.674. The number of carbonyl (C=O) groups is 1. The Bertz CT molecular complexity index is 366. The molecule has 0 saturated heterocycles. The van der Waals surface area contributed by atoms with Crippen molar-refractivity contribution in [1.82, 2.24) is 10.2 Å². The first-order valence-electron chi connectivity index (χ1n) is 3.26. The Morgan fingerprint density at radius 3 is 3.08 bits per heavy atom. The molecule has 0 fully saturated rings. The van der Waals surface area contributed by atoms with Crippen molar-refractivity contribution in [3.05, 3.63) is 16.8 Å². The van der Waals surface area contributed by atoms with E-state index < -0.39 is 5.97 Å². The Morgan fingerprint density at radius 1 is 1.77 bits per heavy atom. The molecule has 0 atom stereocenters. The maximum atomic E-state index is 10.0. The number of H-pyrrole nitrogens is 1. The minimum atomic E-state index is -1.13. The van der Waals surface area contributed by atoms with E-state index in [9.17, 15) is 4.79 Å². The summed E-state index contributed by atoms with van der Waals surface area (Å²) in [5.74, 6) is -0.734. The van der Waals surface area contributed by atoms with E-state index in [0.717, 1.165) is 6.21 Å². The van der Waals surface area contributed by atoms with Gasteiger partial charge in [-0.2, -0.15) is 10.2 Å². The average Bonchev–Trinajstić information content (AvgIpc) is 2.08. The van der Waals surface area contributed by atoms with Gasteiger partial charge in [0.05, 0.1) is 0 Å². The molecule has 0 aliphatic carbocycles. The number of carboxylic acids is 1. The lowest BCUT2D eigenvalue weighted by Gasteiger charge is -1.95. The van der Waals surface area contributed by atoms with Crippen LogP contribution < -0.4 is 5.43 Å². The van der Waals surface area contributed by atoms with Gasteiger partial charge < -0.3 is 5.11 Å². The summed E-state index contributed by atoms with van der Waals surface area (Å²) in [6.45, 7) is 0. The number of nitrogens with one attached hydrogen (secondary N) is 2. The summed E-state index contributed by atoms with van der Waals surface area (Å²) in [7, 11) is 0. The first-order valence-corrected chi connectivity index (χ1v) is 3.67. The number of hydrogen-bond acceptors (Lipinski definition) is 5. The number of rotatable bonds is 3. The van der Waals surface area contributed by atoms with E-state index in [1.807, 2.05) is 0 Å². The largest absolute Gasteiger partial charge is 0.477 e. The van der Waals surface area contributed by atoms with E-state index in [-0.39, 0.29) is 0 Å². The molecule has 0 saturated carbocycles. The average molecular weight is 198 g/mol. The highest BCUT2D eigenvalue weighted by Gasteiger charge is 1.89. The normalized spacial score (nSPS) is 10.2. The van der Waals surface area contributed by atoms with Crippen LogP contribution in [-0.4, -0.2) is 27.5 Å². The molecule has 6 nitrogen and oxygen atoms in total. The van der Waals surface area contributed by atoms with Crippen molar-refractivity contribution in [1.29, 1.82) is 0 Å². The number of hydrazone groups is 1. The number of hydrogen-bond donors (Lipinski definition) is 3. The maximum Gasteiger partial charge on any atom is 0.348 e. The molecule has 0 aliphatic rings. The molecule has 68 valence electrons. The molecular formula is C6H6N4O2S. The maximum absolute atomic E-state index is 10.0. The van der Waals surface area contributed by atoms with Crippen LogP contribution in [0.25, 0.3) is 0 Å². The summed E-state index contributed by atoms with van der Waals surface area (Å²) < 4.78 is 0.493. The molecular weight excluding hydrogens is 192 g/mol. The summed E-state index contributed by atoms with van der Waals surface area (Å²) in [5.41, 5.74) is 2.40. The molecule has 0 bridgehead atoms. The molecule has 0 unspecified atom stereocenters. The molecule has 1 aromatic heterocycles. The van der Waals surface area contributed by atoms with Crippen molar-refractivity contribution < 1.29 is 9.90 Å². The van der Waals surface area contributed by atoms with E-state index in [1.54, 1.807) is 12.1 Å². The van der Waals surface area contributed by atoms with Crippen molar-refractivity contribution >= 4 is 30.2 Å². The number of carboxylic acid groups (broad SMARTS) is 1. The highest BCUT2D eigenvalue weighted by atomic mass is 32.1. The van der Waals surface area contributed by atoms with Crippen molar-refractivity contribution in [2.75, 3.05) is 5.43 Å². The van der Waals surface area contributed by atoms with E-state index in [4.69, 9.17) is 17.3 Å². The fourth-order valence-electron chi connectivity index (χ4n) is 0.560. The lowest BCUT2D eigenvalue weighted by Crippen LogP contribution is -2.00. The van der Waals surface area contributed by atoms with Crippen molar-refractivity contribution in [3.63, 3.8) is 0 Å². The number of aliphatic carboxylic acids is 1. The van der Waals surface area contributed by atoms with E-state index in [1.165, 1.54) is 0 Å². The highest BCUT2D eigenvalue weighted by Crippen LogP contribution is 1.97. The van der Waals surface area contributed by atoms with Gasteiger partial charge in [0.1, 0.15) is 10.9 Å². The monoisotopic (exact) mass is 198 g/mol. The Hall–Kier alpha value is -1.76. The van der Waals surface area contributed by atoms with Gasteiger partial charge in [-0.1, -0.05) is 12.2 Å². The van der Waals surface area contributed by atoms with Crippen LogP contribution in [0.15, 0.2) is 17.2 Å². The quantitative estimate of drug-likeness (QED) is 0.376. The van der Waals surface area contributed by atoms with Gasteiger partial charge in [-0.3, -0.25) is 10.5 Å². The zero-order chi connectivity index (χ0) is 9.68. The van der Waals surface area contributed by atoms with Crippen LogP contribution in [0.1, 0.15) is 0 Å². The topological polar surface area (TPSA) is 90.4 Å². The highest BCUT2D eigenvalue weighted by molar-refractivity contribution is 7.71. The second-order valence-corrected chi connectivity index (χ2v) is 2.45. The fraction of sp³-hybridized carbons (Fsp3) is 0. The van der Waals surface area contributed by atoms with Gasteiger partial charge >= 0.3 is 5.97 Å². The Morgan fingerprint density at radius 2 is 2.54 bits per heavy atom. The standard InChI is InChI=1S/C6H6N4O2S/c11-6(12)3-7-8-4-1-2-5(13)10-9-4/h1-3H,(H,8,9)(H,10,13)(H,11,12). The van der Waals surface area contributed by atoms with Crippen LogP contribution in [0.2, 0.25) is 0 Å². The molecule has 0 aliphatic heterocycles. The summed E-state index contributed by atoms with van der Waals surface area (Å²) in [5, 5.41) is 17.8. The van der Waals surface area contributed by atoms with Crippen LogP contribution >= 0.6 is 12.2 Å². The Labute approximate surface area is 78.3 Å². The lowest BCUT2D eigenvalue weighted by atomic mass is 10.5. The third-order valence-corrected chi connectivity index (χ3v) is 1.26. The Kier molecular flexibility index (Phi) is 3.09. The molecule has 0 amide bonds. The smallest absolute Gasteiger partial charge is 0.348 e. The van der Waals surface area contributed by atoms with E-state index in [0.29, 0.717) is 10.5 Å². The van der Waals surface area contributed by atoms with Gasteiger partial charge in [-0.05, 0) is 12.1 Å². The first-order chi connectivity index (χ1) is 6.18. The second kappa shape index (κ2) is 4.31. The molecule has 1 heterocycles. The SMILES string of the molecule is O=C(O)C=NNc1ccc(=S)[nH]n1. The molecule has 0 aromatic carbocycles. The van der Waals surface area contributed by atoms with Gasteiger partial charge in [0.2, 0.25) is 0 Å². The van der Waals surface area contributed by atoms with Gasteiger partial charge in [0, 0.05) is 0 Å². The molecule has 1 aromatic rings. The van der Waals surface area contributed by atoms with Crippen molar-refractivity contribution in [2.24, 2.45) is 5.10 Å². The third kappa shape index (κ3) is 3.43. The van der Waals surface area contributed by atoms with Crippen LogP contribution in [0.4, 0.5) is 5.82 Å².